The quantitative estimate of drug-likeness (QED) is 0.519. The zero-order valence-electron chi connectivity index (χ0n) is 17.2. The Bertz CT molecular complexity index is 989. The number of hydrogen-bond acceptors (Lipinski definition) is 5. The minimum Gasteiger partial charge on any atom is -0.379 e. The number of hydrogen-bond donors (Lipinski definition) is 0. The van der Waals surface area contributed by atoms with Gasteiger partial charge in [0.25, 0.3) is 0 Å². The van der Waals surface area contributed by atoms with Crippen molar-refractivity contribution in [1.29, 1.82) is 0 Å². The highest BCUT2D eigenvalue weighted by atomic mass is 32.1. The van der Waals surface area contributed by atoms with E-state index in [4.69, 9.17) is 14.8 Å². The van der Waals surface area contributed by atoms with Crippen LogP contribution >= 0.6 is 11.3 Å². The van der Waals surface area contributed by atoms with Crippen LogP contribution in [0.25, 0.3) is 11.3 Å². The highest BCUT2D eigenvalue weighted by molar-refractivity contribution is 7.07. The fraction of sp³-hybridized carbons (Fsp3) is 0.333. The summed E-state index contributed by atoms with van der Waals surface area (Å²) in [6.07, 6.45) is 3.89. The predicted molar refractivity (Wildman–Crippen MR) is 124 cm³/mol. The van der Waals surface area contributed by atoms with Gasteiger partial charge in [0.05, 0.1) is 25.5 Å². The largest absolute Gasteiger partial charge is 0.379 e. The minimum absolute atomic E-state index is 0.772. The van der Waals surface area contributed by atoms with Crippen molar-refractivity contribution in [3.8, 4) is 11.3 Å². The van der Waals surface area contributed by atoms with Gasteiger partial charge in [0.1, 0.15) is 0 Å². The summed E-state index contributed by atoms with van der Waals surface area (Å²) >= 11 is 1.65. The molecule has 2 aromatic carbocycles. The molecule has 2 heterocycles. The molecule has 156 valence electrons. The van der Waals surface area contributed by atoms with Gasteiger partial charge in [-0.05, 0) is 18.4 Å². The van der Waals surface area contributed by atoms with Gasteiger partial charge in [0.2, 0.25) is 4.80 Å². The number of aryl methyl sites for hydroxylation is 1. The van der Waals surface area contributed by atoms with Crippen molar-refractivity contribution in [2.75, 3.05) is 39.4 Å². The first kappa shape index (κ1) is 20.7. The lowest BCUT2D eigenvalue weighted by atomic mass is 10.1. The Morgan fingerprint density at radius 1 is 0.967 bits per heavy atom. The van der Waals surface area contributed by atoms with Crippen LogP contribution in [0.1, 0.15) is 12.0 Å². The lowest BCUT2D eigenvalue weighted by molar-refractivity contribution is 0.0393. The third-order valence-corrected chi connectivity index (χ3v) is 5.98. The lowest BCUT2D eigenvalue weighted by Crippen LogP contribution is -2.38. The molecule has 5 nitrogen and oxygen atoms in total. The second kappa shape index (κ2) is 11.0. The average molecular weight is 421 g/mol. The normalized spacial score (nSPS) is 15.8. The summed E-state index contributed by atoms with van der Waals surface area (Å²) in [7, 11) is 0. The van der Waals surface area contributed by atoms with E-state index in [1.807, 2.05) is 17.0 Å². The molecule has 1 fully saturated rings. The number of nitrogens with zero attached hydrogens (tertiary/aromatic N) is 4. The van der Waals surface area contributed by atoms with Gasteiger partial charge in [0, 0.05) is 36.8 Å². The first-order valence-electron chi connectivity index (χ1n) is 10.5. The van der Waals surface area contributed by atoms with Crippen LogP contribution in [0.3, 0.4) is 0 Å². The maximum Gasteiger partial charge on any atom is 0.206 e. The van der Waals surface area contributed by atoms with Gasteiger partial charge in [-0.1, -0.05) is 60.7 Å². The molecular weight excluding hydrogens is 392 g/mol. The predicted octanol–water partition coefficient (Wildman–Crippen LogP) is 3.92. The zero-order valence-corrected chi connectivity index (χ0v) is 18.0. The first-order chi connectivity index (χ1) is 14.9. The molecule has 0 spiro atoms. The van der Waals surface area contributed by atoms with Gasteiger partial charge in [-0.2, -0.15) is 5.10 Å². The minimum atomic E-state index is 0.772. The van der Waals surface area contributed by atoms with Gasteiger partial charge in [-0.15, -0.1) is 11.3 Å². The molecule has 0 N–H and O–H groups in total. The molecule has 0 saturated carbocycles. The summed E-state index contributed by atoms with van der Waals surface area (Å²) in [5.41, 5.74) is 3.57. The van der Waals surface area contributed by atoms with Crippen LogP contribution in [0.2, 0.25) is 0 Å². The summed E-state index contributed by atoms with van der Waals surface area (Å²) in [6, 6.07) is 20.9. The van der Waals surface area contributed by atoms with Gasteiger partial charge in [-0.3, -0.25) is 9.89 Å². The van der Waals surface area contributed by atoms with E-state index in [2.05, 4.69) is 64.9 Å². The molecule has 30 heavy (non-hydrogen) atoms. The Labute approximate surface area is 182 Å². The fourth-order valence-electron chi connectivity index (χ4n) is 3.45. The SMILES string of the molecule is C(CCc1ccccc1)=Nn1c(-c2ccccc2)csc1=NCCN1CCOCC1. The van der Waals surface area contributed by atoms with Crippen LogP contribution in [0, 0.1) is 0 Å². The van der Waals surface area contributed by atoms with E-state index in [0.29, 0.717) is 0 Å². The molecule has 0 bridgehead atoms. The summed E-state index contributed by atoms with van der Waals surface area (Å²) in [4.78, 5) is 8.22. The molecule has 0 radical (unpaired) electrons. The van der Waals surface area contributed by atoms with Gasteiger partial charge in [-0.25, -0.2) is 4.68 Å². The Morgan fingerprint density at radius 2 is 1.70 bits per heavy atom. The average Bonchev–Trinajstić information content (AvgIpc) is 3.21. The van der Waals surface area contributed by atoms with E-state index in [9.17, 15) is 0 Å². The number of aromatic nitrogens is 1. The summed E-state index contributed by atoms with van der Waals surface area (Å²) in [6.45, 7) is 5.36. The third kappa shape index (κ3) is 5.75. The Hall–Kier alpha value is -2.54. The fourth-order valence-corrected chi connectivity index (χ4v) is 4.32. The standard InChI is InChI=1S/C24H28N4OS/c1-3-8-21(9-4-1)10-7-13-26-28-23(22-11-5-2-6-12-22)20-30-24(28)25-14-15-27-16-18-29-19-17-27/h1-6,8-9,11-13,20H,7,10,14-19H2. The van der Waals surface area contributed by atoms with Crippen molar-refractivity contribution < 1.29 is 4.74 Å². The third-order valence-electron chi connectivity index (χ3n) is 5.12. The van der Waals surface area contributed by atoms with Gasteiger partial charge >= 0.3 is 0 Å². The number of morpholine rings is 1. The van der Waals surface area contributed by atoms with Crippen LogP contribution in [0.15, 0.2) is 76.1 Å². The number of benzene rings is 2. The van der Waals surface area contributed by atoms with Crippen LogP contribution in [-0.4, -0.2) is 55.2 Å². The second-order valence-electron chi connectivity index (χ2n) is 7.24. The molecule has 0 unspecified atom stereocenters. The lowest BCUT2D eigenvalue weighted by Gasteiger charge is -2.25. The summed E-state index contributed by atoms with van der Waals surface area (Å²) in [5, 5.41) is 6.95. The molecule has 0 aliphatic carbocycles. The maximum atomic E-state index is 5.43. The summed E-state index contributed by atoms with van der Waals surface area (Å²) < 4.78 is 7.42. The van der Waals surface area contributed by atoms with Gasteiger partial charge < -0.3 is 4.74 Å². The van der Waals surface area contributed by atoms with Crippen molar-refractivity contribution >= 4 is 17.6 Å². The molecule has 0 atom stereocenters. The Kier molecular flexibility index (Phi) is 7.61. The molecule has 1 saturated heterocycles. The molecule has 3 aromatic rings. The van der Waals surface area contributed by atoms with Crippen LogP contribution < -0.4 is 4.80 Å². The van der Waals surface area contributed by atoms with Crippen molar-refractivity contribution in [2.24, 2.45) is 10.1 Å². The van der Waals surface area contributed by atoms with Crippen molar-refractivity contribution in [3.63, 3.8) is 0 Å². The number of rotatable bonds is 8. The molecule has 1 aromatic heterocycles. The van der Waals surface area contributed by atoms with E-state index in [-0.39, 0.29) is 0 Å². The van der Waals surface area contributed by atoms with E-state index in [1.165, 1.54) is 5.56 Å². The molecule has 1 aliphatic rings. The van der Waals surface area contributed by atoms with Gasteiger partial charge in [0.15, 0.2) is 0 Å². The topological polar surface area (TPSA) is 42.1 Å². The first-order valence-corrected chi connectivity index (χ1v) is 11.4. The molecule has 6 heteroatoms. The molecule has 1 aliphatic heterocycles. The van der Waals surface area contributed by atoms with E-state index in [1.54, 1.807) is 11.3 Å². The van der Waals surface area contributed by atoms with Crippen LogP contribution in [0.5, 0.6) is 0 Å². The highest BCUT2D eigenvalue weighted by Gasteiger charge is 2.10. The van der Waals surface area contributed by atoms with E-state index in [0.717, 1.165) is 68.3 Å². The highest BCUT2D eigenvalue weighted by Crippen LogP contribution is 2.19. The van der Waals surface area contributed by atoms with E-state index >= 15 is 0 Å². The Balaban J connectivity index is 1.50. The molecule has 0 amide bonds. The number of thiazole rings is 1. The van der Waals surface area contributed by atoms with Crippen molar-refractivity contribution in [2.45, 2.75) is 12.8 Å². The Morgan fingerprint density at radius 3 is 2.47 bits per heavy atom. The summed E-state index contributed by atoms with van der Waals surface area (Å²) in [5.74, 6) is 0. The smallest absolute Gasteiger partial charge is 0.206 e. The van der Waals surface area contributed by atoms with Crippen molar-refractivity contribution in [1.82, 2.24) is 9.58 Å². The van der Waals surface area contributed by atoms with Crippen LogP contribution in [0.4, 0.5) is 0 Å². The monoisotopic (exact) mass is 420 g/mol. The zero-order chi connectivity index (χ0) is 20.4. The van der Waals surface area contributed by atoms with Crippen LogP contribution in [-0.2, 0) is 11.2 Å². The molecular formula is C24H28N4OS. The second-order valence-corrected chi connectivity index (χ2v) is 8.08. The molecule has 4 rings (SSSR count). The maximum absolute atomic E-state index is 5.43. The van der Waals surface area contributed by atoms with Crippen molar-refractivity contribution in [3.05, 3.63) is 76.4 Å². The van der Waals surface area contributed by atoms with E-state index < -0.39 is 0 Å². The number of ether oxygens (including phenoxy) is 1.